The lowest BCUT2D eigenvalue weighted by molar-refractivity contribution is -0.384. The quantitative estimate of drug-likeness (QED) is 0.614. The Balaban J connectivity index is 1.79. The molecule has 0 aromatic heterocycles. The molecule has 0 atom stereocenters. The first kappa shape index (κ1) is 20.9. The van der Waals surface area contributed by atoms with Crippen molar-refractivity contribution in [2.75, 3.05) is 50.7 Å². The summed E-state index contributed by atoms with van der Waals surface area (Å²) in [6.07, 6.45) is 2.08. The minimum Gasteiger partial charge on any atom is -0.371 e. The summed E-state index contributed by atoms with van der Waals surface area (Å²) >= 11 is 0. The van der Waals surface area contributed by atoms with Gasteiger partial charge < -0.3 is 20.0 Å². The van der Waals surface area contributed by atoms with Gasteiger partial charge in [-0.2, -0.15) is 0 Å². The van der Waals surface area contributed by atoms with E-state index in [0.717, 1.165) is 31.6 Å². The summed E-state index contributed by atoms with van der Waals surface area (Å²) in [5.74, 6) is 0.434. The van der Waals surface area contributed by atoms with Crippen LogP contribution in [0.25, 0.3) is 0 Å². The van der Waals surface area contributed by atoms with Gasteiger partial charge in [0.25, 0.3) is 11.6 Å². The SMILES string of the molecule is CCNC(=O)N1CCN(C(=O)c2cc([N+](=O)[O-])ccc2N2CCC(C)CC2)CC1. The molecule has 9 nitrogen and oxygen atoms in total. The summed E-state index contributed by atoms with van der Waals surface area (Å²) in [5, 5.41) is 14.0. The normalized spacial score (nSPS) is 17.9. The highest BCUT2D eigenvalue weighted by Crippen LogP contribution is 2.30. The summed E-state index contributed by atoms with van der Waals surface area (Å²) in [6.45, 7) is 8.03. The van der Waals surface area contributed by atoms with Crippen molar-refractivity contribution in [3.8, 4) is 0 Å². The van der Waals surface area contributed by atoms with Crippen molar-refractivity contribution in [2.24, 2.45) is 5.92 Å². The summed E-state index contributed by atoms with van der Waals surface area (Å²) in [6, 6.07) is 4.44. The van der Waals surface area contributed by atoms with E-state index >= 15 is 0 Å². The summed E-state index contributed by atoms with van der Waals surface area (Å²) < 4.78 is 0. The van der Waals surface area contributed by atoms with E-state index in [1.54, 1.807) is 15.9 Å². The molecule has 2 saturated heterocycles. The fraction of sp³-hybridized carbons (Fsp3) is 0.600. The number of nitro groups is 1. The Kier molecular flexibility index (Phi) is 6.56. The van der Waals surface area contributed by atoms with Gasteiger partial charge in [0.05, 0.1) is 16.2 Å². The molecule has 0 saturated carbocycles. The third kappa shape index (κ3) is 4.78. The number of urea groups is 1. The minimum atomic E-state index is -0.466. The van der Waals surface area contributed by atoms with Gasteiger partial charge >= 0.3 is 6.03 Å². The van der Waals surface area contributed by atoms with Gasteiger partial charge in [0.1, 0.15) is 0 Å². The third-order valence-corrected chi connectivity index (χ3v) is 5.73. The molecule has 0 radical (unpaired) electrons. The number of non-ortho nitro benzene ring substituents is 1. The third-order valence-electron chi connectivity index (χ3n) is 5.73. The van der Waals surface area contributed by atoms with E-state index in [2.05, 4.69) is 17.1 Å². The molecule has 158 valence electrons. The van der Waals surface area contributed by atoms with Gasteiger partial charge in [0, 0.05) is 57.9 Å². The lowest BCUT2D eigenvalue weighted by atomic mass is 9.97. The van der Waals surface area contributed by atoms with Crippen LogP contribution in [0.3, 0.4) is 0 Å². The maximum atomic E-state index is 13.3. The Hall–Kier alpha value is -2.84. The Labute approximate surface area is 170 Å². The average molecular weight is 403 g/mol. The number of carbonyl (C=O) groups is 2. The van der Waals surface area contributed by atoms with E-state index in [1.165, 1.54) is 12.1 Å². The Morgan fingerprint density at radius 2 is 1.72 bits per heavy atom. The molecule has 2 heterocycles. The van der Waals surface area contributed by atoms with Gasteiger partial charge in [0.2, 0.25) is 0 Å². The smallest absolute Gasteiger partial charge is 0.317 e. The molecule has 0 bridgehead atoms. The molecule has 3 amide bonds. The van der Waals surface area contributed by atoms with Crippen LogP contribution in [0.1, 0.15) is 37.0 Å². The van der Waals surface area contributed by atoms with Gasteiger partial charge in [-0.25, -0.2) is 4.79 Å². The fourth-order valence-electron chi connectivity index (χ4n) is 3.88. The zero-order valence-corrected chi connectivity index (χ0v) is 17.1. The number of carbonyl (C=O) groups excluding carboxylic acids is 2. The molecule has 0 aliphatic carbocycles. The van der Waals surface area contributed by atoms with Crippen molar-refractivity contribution in [2.45, 2.75) is 26.7 Å². The predicted octanol–water partition coefficient (Wildman–Crippen LogP) is 2.32. The number of benzene rings is 1. The summed E-state index contributed by atoms with van der Waals surface area (Å²) in [5.41, 5.74) is 1.06. The van der Waals surface area contributed by atoms with Crippen LogP contribution >= 0.6 is 0 Å². The molecular weight excluding hydrogens is 374 g/mol. The van der Waals surface area contributed by atoms with Gasteiger partial charge in [-0.3, -0.25) is 14.9 Å². The molecule has 3 rings (SSSR count). The van der Waals surface area contributed by atoms with Crippen LogP contribution in [0.4, 0.5) is 16.2 Å². The zero-order chi connectivity index (χ0) is 21.0. The molecule has 1 aromatic rings. The number of piperazine rings is 1. The largest absolute Gasteiger partial charge is 0.371 e. The van der Waals surface area contributed by atoms with E-state index in [9.17, 15) is 19.7 Å². The van der Waals surface area contributed by atoms with Crippen molar-refractivity contribution >= 4 is 23.3 Å². The highest BCUT2D eigenvalue weighted by atomic mass is 16.6. The van der Waals surface area contributed by atoms with Crippen LogP contribution in [0, 0.1) is 16.0 Å². The first-order chi connectivity index (χ1) is 13.9. The highest BCUT2D eigenvalue weighted by molar-refractivity contribution is 6.00. The maximum Gasteiger partial charge on any atom is 0.317 e. The fourth-order valence-corrected chi connectivity index (χ4v) is 3.88. The molecule has 2 aliphatic heterocycles. The Bertz CT molecular complexity index is 768. The zero-order valence-electron chi connectivity index (χ0n) is 17.1. The minimum absolute atomic E-state index is 0.0802. The van der Waals surface area contributed by atoms with Gasteiger partial charge in [-0.1, -0.05) is 6.92 Å². The number of rotatable bonds is 4. The van der Waals surface area contributed by atoms with E-state index in [0.29, 0.717) is 44.2 Å². The molecule has 29 heavy (non-hydrogen) atoms. The second-order valence-electron chi connectivity index (χ2n) is 7.74. The summed E-state index contributed by atoms with van der Waals surface area (Å²) in [7, 11) is 0. The number of piperidine rings is 1. The lowest BCUT2D eigenvalue weighted by Crippen LogP contribution is -2.53. The van der Waals surface area contributed by atoms with Crippen LogP contribution in [0.15, 0.2) is 18.2 Å². The summed E-state index contributed by atoms with van der Waals surface area (Å²) in [4.78, 5) is 41.6. The molecule has 9 heteroatoms. The second kappa shape index (κ2) is 9.11. The molecule has 0 unspecified atom stereocenters. The van der Waals surface area contributed by atoms with Gasteiger partial charge in [-0.05, 0) is 31.7 Å². The van der Waals surface area contributed by atoms with E-state index in [1.807, 2.05) is 6.92 Å². The molecule has 2 fully saturated rings. The van der Waals surface area contributed by atoms with E-state index in [-0.39, 0.29) is 17.6 Å². The van der Waals surface area contributed by atoms with Crippen molar-refractivity contribution < 1.29 is 14.5 Å². The lowest BCUT2D eigenvalue weighted by Gasteiger charge is -2.36. The standard InChI is InChI=1S/C20H29N5O4/c1-3-21-20(27)24-12-10-23(11-13-24)19(26)17-14-16(25(28)29)4-5-18(17)22-8-6-15(2)7-9-22/h4-5,14-15H,3,6-13H2,1-2H3,(H,21,27). The first-order valence-electron chi connectivity index (χ1n) is 10.3. The number of hydrogen-bond donors (Lipinski definition) is 1. The first-order valence-corrected chi connectivity index (χ1v) is 10.3. The van der Waals surface area contributed by atoms with E-state index < -0.39 is 4.92 Å². The van der Waals surface area contributed by atoms with Crippen molar-refractivity contribution in [1.29, 1.82) is 0 Å². The molecule has 1 aromatic carbocycles. The van der Waals surface area contributed by atoms with Crippen molar-refractivity contribution in [3.63, 3.8) is 0 Å². The highest BCUT2D eigenvalue weighted by Gasteiger charge is 2.29. The number of nitrogens with zero attached hydrogens (tertiary/aromatic N) is 4. The number of amides is 3. The van der Waals surface area contributed by atoms with Crippen LogP contribution in [0.2, 0.25) is 0 Å². The average Bonchev–Trinajstić information content (AvgIpc) is 2.73. The van der Waals surface area contributed by atoms with Crippen LogP contribution in [0.5, 0.6) is 0 Å². The Morgan fingerprint density at radius 1 is 1.10 bits per heavy atom. The van der Waals surface area contributed by atoms with Crippen molar-refractivity contribution in [1.82, 2.24) is 15.1 Å². The maximum absolute atomic E-state index is 13.3. The van der Waals surface area contributed by atoms with Gasteiger partial charge in [0.15, 0.2) is 0 Å². The number of nitro benzene ring substituents is 1. The van der Waals surface area contributed by atoms with Crippen LogP contribution < -0.4 is 10.2 Å². The molecule has 1 N–H and O–H groups in total. The number of hydrogen-bond acceptors (Lipinski definition) is 5. The van der Waals surface area contributed by atoms with Crippen molar-refractivity contribution in [3.05, 3.63) is 33.9 Å². The molecule has 2 aliphatic rings. The van der Waals surface area contributed by atoms with Gasteiger partial charge in [-0.15, -0.1) is 0 Å². The Morgan fingerprint density at radius 3 is 2.31 bits per heavy atom. The number of anilines is 1. The van der Waals surface area contributed by atoms with E-state index in [4.69, 9.17) is 0 Å². The second-order valence-corrected chi connectivity index (χ2v) is 7.74. The molecule has 0 spiro atoms. The monoisotopic (exact) mass is 403 g/mol. The topological polar surface area (TPSA) is 99.0 Å². The number of nitrogens with one attached hydrogen (secondary N) is 1. The van der Waals surface area contributed by atoms with Crippen LogP contribution in [-0.4, -0.2) is 72.5 Å². The molecular formula is C20H29N5O4. The van der Waals surface area contributed by atoms with Crippen LogP contribution in [-0.2, 0) is 0 Å². The predicted molar refractivity (Wildman–Crippen MR) is 110 cm³/mol.